The second-order valence-corrected chi connectivity index (χ2v) is 8.95. The van der Waals surface area contributed by atoms with Crippen molar-refractivity contribution in [3.05, 3.63) is 57.5 Å². The molecule has 0 fully saturated rings. The normalized spacial score (nSPS) is 11.6. The summed E-state index contributed by atoms with van der Waals surface area (Å²) in [6.45, 7) is 0.324. The van der Waals surface area contributed by atoms with Gasteiger partial charge >= 0.3 is 0 Å². The number of aromatic nitrogens is 1. The number of primary sulfonamides is 1. The number of hydrogen-bond donors (Lipinski definition) is 1. The van der Waals surface area contributed by atoms with Gasteiger partial charge in [-0.05, 0) is 46.3 Å². The van der Waals surface area contributed by atoms with Crippen LogP contribution >= 0.6 is 27.3 Å². The molecule has 1 aromatic heterocycles. The lowest BCUT2D eigenvalue weighted by Gasteiger charge is -2.17. The molecule has 0 unspecified atom stereocenters. The van der Waals surface area contributed by atoms with Gasteiger partial charge in [-0.1, -0.05) is 12.1 Å². The van der Waals surface area contributed by atoms with Gasteiger partial charge in [-0.25, -0.2) is 18.5 Å². The molecular weight excluding hydrogens is 426 g/mol. The summed E-state index contributed by atoms with van der Waals surface area (Å²) in [6, 6.07) is 11.9. The first kappa shape index (κ1) is 18.0. The zero-order chi connectivity index (χ0) is 18.2. The Labute approximate surface area is 157 Å². The number of nitrogens with two attached hydrogens (primary N) is 1. The molecule has 0 saturated carbocycles. The number of halogens is 1. The Bertz CT molecular complexity index is 1030. The Balaban J connectivity index is 1.87. The van der Waals surface area contributed by atoms with Crippen LogP contribution in [-0.2, 0) is 16.6 Å². The molecule has 9 heteroatoms. The second kappa shape index (κ2) is 6.83. The minimum atomic E-state index is -3.88. The molecule has 2 N–H and O–H groups in total. The minimum Gasteiger partial charge on any atom is -0.335 e. The van der Waals surface area contributed by atoms with Gasteiger partial charge in [0, 0.05) is 11.5 Å². The number of amides is 1. The van der Waals surface area contributed by atoms with E-state index < -0.39 is 10.0 Å². The van der Waals surface area contributed by atoms with Crippen molar-refractivity contribution < 1.29 is 13.2 Å². The maximum atomic E-state index is 12.7. The molecule has 3 aromatic rings. The van der Waals surface area contributed by atoms with Crippen molar-refractivity contribution in [3.8, 4) is 0 Å². The largest absolute Gasteiger partial charge is 0.335 e. The summed E-state index contributed by atoms with van der Waals surface area (Å²) in [5.41, 5.74) is 1.12. The third-order valence-electron chi connectivity index (χ3n) is 3.55. The average Bonchev–Trinajstić information content (AvgIpc) is 2.95. The first-order valence-electron chi connectivity index (χ1n) is 7.18. The van der Waals surface area contributed by atoms with Gasteiger partial charge in [0.25, 0.3) is 5.91 Å². The highest BCUT2D eigenvalue weighted by Gasteiger charge is 2.19. The van der Waals surface area contributed by atoms with Crippen molar-refractivity contribution in [2.75, 3.05) is 7.05 Å². The fourth-order valence-electron chi connectivity index (χ4n) is 2.31. The van der Waals surface area contributed by atoms with Crippen molar-refractivity contribution in [2.45, 2.75) is 11.4 Å². The summed E-state index contributed by atoms with van der Waals surface area (Å²) in [5, 5.41) is 5.94. The fraction of sp³-hybridized carbons (Fsp3) is 0.125. The summed E-state index contributed by atoms with van der Waals surface area (Å²) in [5.74, 6) is -0.323. The van der Waals surface area contributed by atoms with Gasteiger partial charge in [0.05, 0.1) is 27.2 Å². The number of thiazole rings is 1. The van der Waals surface area contributed by atoms with Crippen LogP contribution in [0, 0.1) is 0 Å². The first-order valence-corrected chi connectivity index (χ1v) is 10.3. The molecule has 2 aromatic carbocycles. The zero-order valence-corrected chi connectivity index (χ0v) is 16.4. The second-order valence-electron chi connectivity index (χ2n) is 5.42. The van der Waals surface area contributed by atoms with Crippen LogP contribution < -0.4 is 5.14 Å². The van der Waals surface area contributed by atoms with Gasteiger partial charge in [-0.3, -0.25) is 4.79 Å². The number of benzene rings is 2. The molecule has 1 amide bonds. The van der Waals surface area contributed by atoms with E-state index in [-0.39, 0.29) is 16.4 Å². The highest BCUT2D eigenvalue weighted by Crippen LogP contribution is 2.25. The molecule has 0 atom stereocenters. The topological polar surface area (TPSA) is 93.4 Å². The number of nitrogens with zero attached hydrogens (tertiary/aromatic N) is 2. The van der Waals surface area contributed by atoms with Gasteiger partial charge in [0.1, 0.15) is 5.01 Å². The summed E-state index contributed by atoms with van der Waals surface area (Å²) in [4.78, 5) is 18.6. The van der Waals surface area contributed by atoms with Crippen LogP contribution in [0.2, 0.25) is 0 Å². The van der Waals surface area contributed by atoms with Crippen molar-refractivity contribution in [1.82, 2.24) is 9.88 Å². The Morgan fingerprint density at radius 1 is 1.28 bits per heavy atom. The van der Waals surface area contributed by atoms with Crippen LogP contribution in [0.3, 0.4) is 0 Å². The van der Waals surface area contributed by atoms with Crippen LogP contribution in [0.4, 0.5) is 0 Å². The van der Waals surface area contributed by atoms with E-state index in [1.165, 1.54) is 34.4 Å². The Hall–Kier alpha value is -1.81. The summed E-state index contributed by atoms with van der Waals surface area (Å²) in [7, 11) is -2.24. The first-order chi connectivity index (χ1) is 11.8. The van der Waals surface area contributed by atoms with E-state index in [2.05, 4.69) is 20.9 Å². The number of carbonyl (C=O) groups excluding carboxylic acids is 1. The van der Waals surface area contributed by atoms with Crippen LogP contribution in [0.15, 0.2) is 51.8 Å². The molecule has 0 aliphatic carbocycles. The Kier molecular flexibility index (Phi) is 4.92. The fourth-order valence-corrected chi connectivity index (χ4v) is 4.29. The van der Waals surface area contributed by atoms with E-state index in [9.17, 15) is 13.2 Å². The quantitative estimate of drug-likeness (QED) is 0.675. The Morgan fingerprint density at radius 3 is 2.68 bits per heavy atom. The van der Waals surface area contributed by atoms with E-state index in [1.54, 1.807) is 7.05 Å². The lowest BCUT2D eigenvalue weighted by molar-refractivity contribution is 0.0784. The van der Waals surface area contributed by atoms with Crippen molar-refractivity contribution in [1.29, 1.82) is 0 Å². The van der Waals surface area contributed by atoms with Crippen LogP contribution in [0.25, 0.3) is 10.2 Å². The molecule has 130 valence electrons. The number of fused-ring (bicyclic) bond motifs is 1. The summed E-state index contributed by atoms with van der Waals surface area (Å²) >= 11 is 4.80. The van der Waals surface area contributed by atoms with Crippen molar-refractivity contribution in [3.63, 3.8) is 0 Å². The number of rotatable bonds is 4. The van der Waals surface area contributed by atoms with E-state index in [0.29, 0.717) is 11.0 Å². The van der Waals surface area contributed by atoms with Gasteiger partial charge in [-0.2, -0.15) is 0 Å². The highest BCUT2D eigenvalue weighted by molar-refractivity contribution is 9.10. The van der Waals surface area contributed by atoms with Crippen LogP contribution in [0.1, 0.15) is 15.4 Å². The number of carbonyl (C=O) groups is 1. The van der Waals surface area contributed by atoms with Gasteiger partial charge in [-0.15, -0.1) is 11.3 Å². The minimum absolute atomic E-state index is 0.104. The maximum Gasteiger partial charge on any atom is 0.255 e. The van der Waals surface area contributed by atoms with Crippen molar-refractivity contribution in [2.24, 2.45) is 5.14 Å². The lowest BCUT2D eigenvalue weighted by Crippen LogP contribution is -2.27. The Morgan fingerprint density at radius 2 is 2.00 bits per heavy atom. The molecule has 25 heavy (non-hydrogen) atoms. The summed E-state index contributed by atoms with van der Waals surface area (Å²) < 4.78 is 24.6. The van der Waals surface area contributed by atoms with E-state index in [4.69, 9.17) is 5.14 Å². The maximum absolute atomic E-state index is 12.7. The predicted octanol–water partition coefficient (Wildman–Crippen LogP) is 2.98. The molecule has 0 radical (unpaired) electrons. The van der Waals surface area contributed by atoms with Crippen LogP contribution in [-0.4, -0.2) is 31.3 Å². The van der Waals surface area contributed by atoms with Crippen molar-refractivity contribution >= 4 is 53.4 Å². The monoisotopic (exact) mass is 439 g/mol. The molecule has 0 aliphatic heterocycles. The van der Waals surface area contributed by atoms with Gasteiger partial charge < -0.3 is 4.90 Å². The zero-order valence-electron chi connectivity index (χ0n) is 13.1. The molecule has 6 nitrogen and oxygen atoms in total. The molecular formula is C16H14BrN3O3S2. The smallest absolute Gasteiger partial charge is 0.255 e. The van der Waals surface area contributed by atoms with E-state index >= 15 is 0 Å². The third kappa shape index (κ3) is 3.90. The molecule has 1 heterocycles. The number of hydrogen-bond acceptors (Lipinski definition) is 5. The molecule has 0 spiro atoms. The molecule has 3 rings (SSSR count). The molecule has 0 saturated heterocycles. The molecule has 0 bridgehead atoms. The van der Waals surface area contributed by atoms with E-state index in [0.717, 1.165) is 15.2 Å². The average molecular weight is 440 g/mol. The highest BCUT2D eigenvalue weighted by atomic mass is 79.9. The summed E-state index contributed by atoms with van der Waals surface area (Å²) in [6.07, 6.45) is 0. The predicted molar refractivity (Wildman–Crippen MR) is 101 cm³/mol. The van der Waals surface area contributed by atoms with Gasteiger partial charge in [0.2, 0.25) is 10.0 Å². The number of para-hydroxylation sites is 1. The van der Waals surface area contributed by atoms with Gasteiger partial charge in [0.15, 0.2) is 0 Å². The van der Waals surface area contributed by atoms with E-state index in [1.807, 2.05) is 24.3 Å². The standard InChI is InChI=1S/C16H14BrN3O3S2/c1-20(9-15-19-13-4-2-3-5-14(13)24-15)16(21)11-8-10(25(18,22)23)6-7-12(11)17/h2-8H,9H2,1H3,(H2,18,22,23). The van der Waals surface area contributed by atoms with Crippen LogP contribution in [0.5, 0.6) is 0 Å². The SMILES string of the molecule is CN(Cc1nc2ccccc2s1)C(=O)c1cc(S(N)(=O)=O)ccc1Br. The third-order valence-corrected chi connectivity index (χ3v) is 6.18. The number of sulfonamides is 1. The lowest BCUT2D eigenvalue weighted by atomic mass is 10.2. The molecule has 0 aliphatic rings.